The highest BCUT2D eigenvalue weighted by Crippen LogP contribution is 2.47. The molecule has 0 unspecified atom stereocenters. The summed E-state index contributed by atoms with van der Waals surface area (Å²) in [7, 11) is 0. The number of aliphatic hydroxyl groups excluding tert-OH is 3. The van der Waals surface area contributed by atoms with Gasteiger partial charge in [0.1, 0.15) is 116 Å². The van der Waals surface area contributed by atoms with E-state index in [0.29, 0.717) is 16.7 Å². The Kier molecular flexibility index (Phi) is 40.9. The highest BCUT2D eigenvalue weighted by molar-refractivity contribution is 6.76. The third-order valence-electron chi connectivity index (χ3n) is 26.2. The van der Waals surface area contributed by atoms with E-state index in [-0.39, 0.29) is 110 Å². The number of carboxylic acids is 1. The topological polar surface area (TPSA) is 401 Å². The molecule has 5 aliphatic heterocycles. The Labute approximate surface area is 873 Å². The number of aromatic carboxylic acids is 1. The molecular formula is C113H122Cl3N5O27. The molecule has 11 aromatic rings. The summed E-state index contributed by atoms with van der Waals surface area (Å²) in [6.45, 7) is -1.67. The van der Waals surface area contributed by atoms with Crippen molar-refractivity contribution in [2.24, 2.45) is 5.11 Å². The van der Waals surface area contributed by atoms with Crippen molar-refractivity contribution in [3.05, 3.63) is 405 Å². The molecule has 2 amide bonds. The molecule has 5 aliphatic rings. The maximum atomic E-state index is 15.6. The average Bonchev–Trinajstić information content (AvgIpc) is 0.715. The lowest BCUT2D eigenvalue weighted by atomic mass is 9.73. The molecule has 0 bridgehead atoms. The van der Waals surface area contributed by atoms with Crippen molar-refractivity contribution in [3.63, 3.8) is 0 Å². The third-order valence-corrected chi connectivity index (χ3v) is 26.7. The second-order valence-corrected chi connectivity index (χ2v) is 38.9. The Morgan fingerprint density at radius 2 is 0.750 bits per heavy atom. The van der Waals surface area contributed by atoms with E-state index in [1.54, 1.807) is 37.3 Å². The van der Waals surface area contributed by atoms with E-state index >= 15 is 9.90 Å². The summed E-state index contributed by atoms with van der Waals surface area (Å²) in [4.78, 5) is 44.6. The van der Waals surface area contributed by atoms with Crippen molar-refractivity contribution in [2.75, 3.05) is 39.6 Å². The molecule has 0 radical (unpaired) electrons. The molecule has 35 heteroatoms. The van der Waals surface area contributed by atoms with Crippen LogP contribution >= 0.6 is 34.8 Å². The van der Waals surface area contributed by atoms with Gasteiger partial charge in [0.2, 0.25) is 0 Å². The minimum absolute atomic E-state index is 0.0160. The Hall–Kier alpha value is -10.9. The van der Waals surface area contributed by atoms with Gasteiger partial charge < -0.3 is 126 Å². The van der Waals surface area contributed by atoms with Crippen LogP contribution in [0.5, 0.6) is 0 Å². The van der Waals surface area contributed by atoms with Gasteiger partial charge in [0.05, 0.1) is 111 Å². The number of benzene rings is 11. The predicted octanol–water partition coefficient (Wildman–Crippen LogP) is 15.1. The lowest BCUT2D eigenvalue weighted by molar-refractivity contribution is -0.398. The number of alkyl halides is 3. The van der Waals surface area contributed by atoms with E-state index in [2.05, 4.69) is 20.7 Å². The molecule has 7 N–H and O–H groups in total. The first-order valence-corrected chi connectivity index (χ1v) is 50.4. The number of nitrogens with zero attached hydrogens (tertiary/aromatic N) is 3. The SMILES string of the molecule is C[C@@H]1O[C@@H](O[C@@H]2[C@@H](NC(=O)C(Cl)(Cl)Cl)[C@H](OC[C@H]3O[C@@H](OCCCNC(=O)c4ccc(C(=O)O)cc4)[C@H](N=[N+]=[N-])[C@@H](O[C@@H]4O[C@H](COCc5ccccc5)[C@H](OCc5ccccc5)[C@H](OCc5ccccc5)[C@H]4O)[C@H]3OCc3ccccc3)O[C@H](CO)[C@]2(O)[C@@H]2O[C@H](COCc3ccccc3)[C@H](OCc3ccccc3)[C@H](OCc3ccccc3)[C@H]2O)[C@@H](OCc2ccccc2)[C@H](OCc2ccccc2)[C@@H]1OCc1ccccc1. The van der Waals surface area contributed by atoms with E-state index in [1.165, 1.54) is 24.3 Å². The number of hydrogen-bond acceptors (Lipinski definition) is 27. The van der Waals surface area contributed by atoms with Crippen molar-refractivity contribution < 1.29 is 130 Å². The number of halogens is 3. The molecule has 5 fully saturated rings. The number of amides is 2. The van der Waals surface area contributed by atoms with Gasteiger partial charge in [-0.2, -0.15) is 0 Å². The van der Waals surface area contributed by atoms with Gasteiger partial charge in [0.15, 0.2) is 30.8 Å². The second-order valence-electron chi connectivity index (χ2n) is 36.6. The van der Waals surface area contributed by atoms with Gasteiger partial charge in [-0.25, -0.2) is 4.79 Å². The number of hydrogen-bond donors (Lipinski definition) is 7. The van der Waals surface area contributed by atoms with Crippen molar-refractivity contribution in [1.82, 2.24) is 10.6 Å². The number of carboxylic acid groups (broad SMARTS) is 1. The maximum absolute atomic E-state index is 15.6. The van der Waals surface area contributed by atoms with Crippen LogP contribution in [-0.2, 0) is 161 Å². The van der Waals surface area contributed by atoms with Crippen LogP contribution in [0.25, 0.3) is 10.4 Å². The number of carbonyl (C=O) groups excluding carboxylic acids is 2. The van der Waals surface area contributed by atoms with E-state index < -0.39 is 188 Å². The van der Waals surface area contributed by atoms with Gasteiger partial charge in [0.25, 0.3) is 15.6 Å². The summed E-state index contributed by atoms with van der Waals surface area (Å²) in [5.74, 6) is -3.11. The number of rotatable bonds is 50. The Morgan fingerprint density at radius 1 is 0.392 bits per heavy atom. The zero-order valence-corrected chi connectivity index (χ0v) is 83.5. The molecule has 25 atom stereocenters. The summed E-state index contributed by atoms with van der Waals surface area (Å²) in [6.07, 6.45) is -35.1. The molecule has 32 nitrogen and oxygen atoms in total. The van der Waals surface area contributed by atoms with Crippen LogP contribution in [0.3, 0.4) is 0 Å². The predicted molar refractivity (Wildman–Crippen MR) is 543 cm³/mol. The molecule has 0 spiro atoms. The van der Waals surface area contributed by atoms with E-state index in [9.17, 15) is 35.5 Å². The van der Waals surface area contributed by atoms with Gasteiger partial charge in [-0.15, -0.1) is 0 Å². The zero-order valence-electron chi connectivity index (χ0n) is 81.2. The van der Waals surface area contributed by atoms with Gasteiger partial charge in [-0.05, 0) is 98.8 Å². The summed E-state index contributed by atoms with van der Waals surface area (Å²) < 4.78 is 132. The fraction of sp³-hybridized carbons (Fsp3) is 0.389. The van der Waals surface area contributed by atoms with E-state index in [4.69, 9.17) is 125 Å². The monoisotopic (exact) mass is 2090 g/mol. The lowest BCUT2D eigenvalue weighted by Crippen LogP contribution is -2.80. The fourth-order valence-electron chi connectivity index (χ4n) is 18.7. The highest BCUT2D eigenvalue weighted by atomic mass is 35.6. The van der Waals surface area contributed by atoms with Crippen LogP contribution < -0.4 is 10.6 Å². The quantitative estimate of drug-likeness (QED) is 0.00612. The number of azide groups is 1. The largest absolute Gasteiger partial charge is 0.478 e. The normalized spacial score (nSPS) is 27.6. The zero-order chi connectivity index (χ0) is 103. The Morgan fingerprint density at radius 3 is 1.16 bits per heavy atom. The van der Waals surface area contributed by atoms with Crippen molar-refractivity contribution >= 4 is 52.6 Å². The van der Waals surface area contributed by atoms with Gasteiger partial charge in [0, 0.05) is 17.0 Å². The van der Waals surface area contributed by atoms with Crippen molar-refractivity contribution in [2.45, 2.75) is 236 Å². The smallest absolute Gasteiger partial charge is 0.335 e. The highest BCUT2D eigenvalue weighted by Gasteiger charge is 2.68. The number of ether oxygens (including phenoxy) is 19. The first kappa shape index (κ1) is 110. The number of aliphatic hydroxyl groups is 4. The minimum Gasteiger partial charge on any atom is -0.478 e. The average molecular weight is 2090 g/mol. The minimum atomic E-state index is -3.11. The lowest BCUT2D eigenvalue weighted by Gasteiger charge is -2.58. The molecule has 0 aromatic heterocycles. The van der Waals surface area contributed by atoms with Crippen LogP contribution in [0, 0.1) is 0 Å². The molecule has 16 rings (SSSR count). The first-order valence-electron chi connectivity index (χ1n) is 49.2. The molecule has 5 saturated heterocycles. The molecule has 5 heterocycles. The molecule has 782 valence electrons. The molecule has 11 aromatic carbocycles. The number of carbonyl (C=O) groups is 3. The molecular weight excluding hydrogens is 1970 g/mol. The maximum Gasteiger partial charge on any atom is 0.335 e. The summed E-state index contributed by atoms with van der Waals surface area (Å²) in [5, 5.41) is 75.4. The van der Waals surface area contributed by atoms with Crippen molar-refractivity contribution in [1.29, 1.82) is 0 Å². The molecule has 0 aliphatic carbocycles. The summed E-state index contributed by atoms with van der Waals surface area (Å²) in [5.41, 5.74) is 15.4. The van der Waals surface area contributed by atoms with Gasteiger partial charge >= 0.3 is 5.97 Å². The fourth-order valence-corrected chi connectivity index (χ4v) is 18.8. The van der Waals surface area contributed by atoms with Crippen LogP contribution in [0.15, 0.2) is 333 Å². The molecule has 0 saturated carbocycles. The van der Waals surface area contributed by atoms with Crippen LogP contribution in [-0.4, -0.2) is 239 Å². The first-order chi connectivity index (χ1) is 72.2. The van der Waals surface area contributed by atoms with Gasteiger partial charge in [-0.1, -0.05) is 343 Å². The number of nitrogens with one attached hydrogen (secondary N) is 2. The van der Waals surface area contributed by atoms with E-state index in [1.807, 2.05) is 273 Å². The standard InChI is InChI=1S/C113H122Cl3N5O27/c1-73-94(133-62-76-37-16-4-17-38-76)101(139-68-82-49-28-10-29-50-82)102(140-69-83-51-30-11-31-52-83)110(142-73)148-103-91(119-111(128)113(114,115)116)108(146-89(59-122)112(103,129)104-92(123)99(137-66-80-45-24-8-25-46-80)96(135-64-78-41-20-6-21-42-78)86(143-104)70-130-60-74-33-12-2-13-34-74)141-72-88-95(134-63-77-39-18-5-19-40-77)98(90(120-121-117)107(144-88)132-58-32-57-118-105(125)84-53-55-85(56-54-84)106(126)127)147-109-93(124)100(138-67-81-47-26-9-27-48-81)97(136-65-79-43-22-7-23-44-79)87(145-109)71-131-61-75-35-14-3-15-36-75/h2-31,33-56,73,86-104,107-110,122-124,129H,32,57-72H2,1H3,(H,118,125)(H,119,128)(H,126,127)/t73-,86+,87+,88+,89+,90+,91+,92+,93+,94+,95-,96-,97-,98+,99+,100+,101+,102-,103+,104+,107+,108+,109-,110-,112+/m0/s1. The van der Waals surface area contributed by atoms with Crippen LogP contribution in [0.1, 0.15) is 89.7 Å². The molecule has 148 heavy (non-hydrogen) atoms. The van der Waals surface area contributed by atoms with Crippen molar-refractivity contribution in [3.8, 4) is 0 Å². The Bertz CT molecular complexity index is 5860. The summed E-state index contributed by atoms with van der Waals surface area (Å²) in [6, 6.07) is 94.4. The second kappa shape index (κ2) is 55.2. The van der Waals surface area contributed by atoms with Crippen LogP contribution in [0.2, 0.25) is 0 Å². The summed E-state index contributed by atoms with van der Waals surface area (Å²) >= 11 is 20.4. The Balaban J connectivity index is 0.830. The van der Waals surface area contributed by atoms with E-state index in [0.717, 1.165) is 38.9 Å². The third kappa shape index (κ3) is 29.9. The van der Waals surface area contributed by atoms with Gasteiger partial charge in [-0.3, -0.25) is 9.59 Å². The van der Waals surface area contributed by atoms with Crippen LogP contribution in [0.4, 0.5) is 0 Å².